The number of hydrogen-bond acceptors (Lipinski definition) is 3. The molecule has 2 atom stereocenters. The zero-order valence-corrected chi connectivity index (χ0v) is 15.3. The smallest absolute Gasteiger partial charge is 0.282 e. The fourth-order valence-corrected chi connectivity index (χ4v) is 5.74. The Kier molecular flexibility index (Phi) is 5.58. The Labute approximate surface area is 135 Å². The van der Waals surface area contributed by atoms with Crippen LogP contribution in [0.3, 0.4) is 0 Å². The molecule has 2 rings (SSSR count). The van der Waals surface area contributed by atoms with Gasteiger partial charge in [-0.2, -0.15) is 17.0 Å². The normalized spacial score (nSPS) is 28.1. The molecule has 0 spiro atoms. The molecule has 2 aliphatic heterocycles. The highest BCUT2D eigenvalue weighted by atomic mass is 32.2. The monoisotopic (exact) mass is 332 g/mol. The highest BCUT2D eigenvalue weighted by Gasteiger charge is 2.40. The molecule has 0 aromatic carbocycles. The fraction of sp³-hybridized carbons (Fsp3) is 1.00. The second-order valence-corrected chi connectivity index (χ2v) is 9.92. The van der Waals surface area contributed by atoms with E-state index in [4.69, 9.17) is 0 Å². The third-order valence-corrected chi connectivity index (χ3v) is 7.33. The number of piperidine rings is 1. The molecule has 0 aromatic rings. The standard InChI is InChI=1S/C16H32N2O3S/c1-13(19)12-15-6-5-9-18(15)22(20,21)17-10-7-14(8-11-17)16(2,3)4/h13-15,19H,5-12H2,1-4H3. The Balaban J connectivity index is 2.02. The van der Waals surface area contributed by atoms with Gasteiger partial charge in [-0.05, 0) is 50.4 Å². The van der Waals surface area contributed by atoms with Crippen LogP contribution in [0.15, 0.2) is 0 Å². The van der Waals surface area contributed by atoms with Crippen molar-refractivity contribution in [3.05, 3.63) is 0 Å². The van der Waals surface area contributed by atoms with Crippen LogP contribution < -0.4 is 0 Å². The third kappa shape index (κ3) is 4.02. The van der Waals surface area contributed by atoms with Gasteiger partial charge in [0.05, 0.1) is 6.10 Å². The van der Waals surface area contributed by atoms with E-state index in [1.54, 1.807) is 15.5 Å². The number of nitrogens with zero attached hydrogens (tertiary/aromatic N) is 2. The van der Waals surface area contributed by atoms with Gasteiger partial charge in [0.1, 0.15) is 0 Å². The molecule has 0 amide bonds. The molecule has 2 heterocycles. The predicted octanol–water partition coefficient (Wildman–Crippen LogP) is 2.22. The van der Waals surface area contributed by atoms with E-state index in [0.29, 0.717) is 32.0 Å². The van der Waals surface area contributed by atoms with Gasteiger partial charge in [0, 0.05) is 25.7 Å². The van der Waals surface area contributed by atoms with Gasteiger partial charge in [0.15, 0.2) is 0 Å². The topological polar surface area (TPSA) is 60.9 Å². The Hall–Kier alpha value is -0.170. The van der Waals surface area contributed by atoms with Crippen molar-refractivity contribution in [1.82, 2.24) is 8.61 Å². The average Bonchev–Trinajstić information content (AvgIpc) is 2.86. The van der Waals surface area contributed by atoms with Crippen molar-refractivity contribution in [3.8, 4) is 0 Å². The first-order valence-corrected chi connectivity index (χ1v) is 9.97. The van der Waals surface area contributed by atoms with Crippen LogP contribution in [-0.2, 0) is 10.2 Å². The van der Waals surface area contributed by atoms with E-state index in [1.165, 1.54) is 0 Å². The largest absolute Gasteiger partial charge is 0.393 e. The summed E-state index contributed by atoms with van der Waals surface area (Å²) in [6.45, 7) is 10.3. The summed E-state index contributed by atoms with van der Waals surface area (Å²) in [6, 6.07) is -0.0367. The van der Waals surface area contributed by atoms with Crippen molar-refractivity contribution in [2.45, 2.75) is 71.9 Å². The fourth-order valence-electron chi connectivity index (χ4n) is 3.84. The van der Waals surface area contributed by atoms with Crippen molar-refractivity contribution >= 4 is 10.2 Å². The second-order valence-electron chi connectivity index (χ2n) is 8.04. The second kappa shape index (κ2) is 6.75. The molecule has 0 saturated carbocycles. The van der Waals surface area contributed by atoms with Crippen LogP contribution in [0.4, 0.5) is 0 Å². The molecule has 0 aliphatic carbocycles. The summed E-state index contributed by atoms with van der Waals surface area (Å²) in [7, 11) is -3.37. The van der Waals surface area contributed by atoms with Crippen molar-refractivity contribution in [3.63, 3.8) is 0 Å². The van der Waals surface area contributed by atoms with E-state index >= 15 is 0 Å². The number of aliphatic hydroxyl groups is 1. The zero-order valence-electron chi connectivity index (χ0n) is 14.5. The Morgan fingerprint density at radius 2 is 1.73 bits per heavy atom. The lowest BCUT2D eigenvalue weighted by molar-refractivity contribution is 0.140. The molecule has 2 fully saturated rings. The maximum absolute atomic E-state index is 12.9. The highest BCUT2D eigenvalue weighted by molar-refractivity contribution is 7.86. The molecule has 0 bridgehead atoms. The van der Waals surface area contributed by atoms with E-state index in [2.05, 4.69) is 20.8 Å². The molecule has 0 aromatic heterocycles. The summed E-state index contributed by atoms with van der Waals surface area (Å²) in [5.41, 5.74) is 0.248. The minimum absolute atomic E-state index is 0.0367. The highest BCUT2D eigenvalue weighted by Crippen LogP contribution is 2.36. The molecule has 5 nitrogen and oxygen atoms in total. The van der Waals surface area contributed by atoms with Gasteiger partial charge < -0.3 is 5.11 Å². The minimum atomic E-state index is -3.37. The van der Waals surface area contributed by atoms with E-state index < -0.39 is 16.3 Å². The van der Waals surface area contributed by atoms with Gasteiger partial charge in [-0.1, -0.05) is 20.8 Å². The van der Waals surface area contributed by atoms with Crippen molar-refractivity contribution in [2.75, 3.05) is 19.6 Å². The molecule has 2 saturated heterocycles. The van der Waals surface area contributed by atoms with E-state index in [1.807, 2.05) is 0 Å². The Morgan fingerprint density at radius 3 is 2.23 bits per heavy atom. The Bertz CT molecular complexity index is 462. The van der Waals surface area contributed by atoms with Crippen LogP contribution in [0, 0.1) is 11.3 Å². The van der Waals surface area contributed by atoms with Crippen LogP contribution in [0.25, 0.3) is 0 Å². The molecule has 2 aliphatic rings. The van der Waals surface area contributed by atoms with Gasteiger partial charge in [-0.25, -0.2) is 0 Å². The lowest BCUT2D eigenvalue weighted by atomic mass is 9.76. The molecule has 0 radical (unpaired) electrons. The van der Waals surface area contributed by atoms with Crippen LogP contribution >= 0.6 is 0 Å². The van der Waals surface area contributed by atoms with Gasteiger partial charge >= 0.3 is 0 Å². The molecule has 6 heteroatoms. The van der Waals surface area contributed by atoms with Gasteiger partial charge in [0.25, 0.3) is 10.2 Å². The quantitative estimate of drug-likeness (QED) is 0.859. The average molecular weight is 333 g/mol. The molecule has 1 N–H and O–H groups in total. The summed E-state index contributed by atoms with van der Waals surface area (Å²) in [5.74, 6) is 0.589. The maximum Gasteiger partial charge on any atom is 0.282 e. The van der Waals surface area contributed by atoms with E-state index in [0.717, 1.165) is 25.7 Å². The first kappa shape index (κ1) is 18.2. The van der Waals surface area contributed by atoms with E-state index in [9.17, 15) is 13.5 Å². The summed E-state index contributed by atoms with van der Waals surface area (Å²) >= 11 is 0. The summed E-state index contributed by atoms with van der Waals surface area (Å²) < 4.78 is 29.1. The van der Waals surface area contributed by atoms with Crippen molar-refractivity contribution < 1.29 is 13.5 Å². The Morgan fingerprint density at radius 1 is 1.14 bits per heavy atom. The molecule has 22 heavy (non-hydrogen) atoms. The first-order chi connectivity index (χ1) is 10.1. The first-order valence-electron chi connectivity index (χ1n) is 8.57. The predicted molar refractivity (Wildman–Crippen MR) is 88.7 cm³/mol. The van der Waals surface area contributed by atoms with Crippen LogP contribution in [0.5, 0.6) is 0 Å². The summed E-state index contributed by atoms with van der Waals surface area (Å²) in [6.07, 6.45) is 3.73. The molecular weight excluding hydrogens is 300 g/mol. The van der Waals surface area contributed by atoms with Crippen LogP contribution in [-0.4, -0.2) is 53.9 Å². The van der Waals surface area contributed by atoms with Gasteiger partial charge in [-0.3, -0.25) is 0 Å². The number of rotatable bonds is 4. The summed E-state index contributed by atoms with van der Waals surface area (Å²) in [4.78, 5) is 0. The van der Waals surface area contributed by atoms with Crippen LogP contribution in [0.2, 0.25) is 0 Å². The SMILES string of the molecule is CC(O)CC1CCCN1S(=O)(=O)N1CCC(C(C)(C)C)CC1. The van der Waals surface area contributed by atoms with Gasteiger partial charge in [-0.15, -0.1) is 0 Å². The zero-order chi connectivity index (χ0) is 16.5. The number of hydrogen-bond donors (Lipinski definition) is 1. The molecule has 130 valence electrons. The summed E-state index contributed by atoms with van der Waals surface area (Å²) in [5, 5.41) is 9.60. The maximum atomic E-state index is 12.9. The lowest BCUT2D eigenvalue weighted by Gasteiger charge is -2.40. The van der Waals surface area contributed by atoms with E-state index in [-0.39, 0.29) is 11.5 Å². The number of aliphatic hydroxyl groups excluding tert-OH is 1. The van der Waals surface area contributed by atoms with Crippen LogP contribution in [0.1, 0.15) is 59.8 Å². The minimum Gasteiger partial charge on any atom is -0.393 e. The van der Waals surface area contributed by atoms with Crippen molar-refractivity contribution in [2.24, 2.45) is 11.3 Å². The van der Waals surface area contributed by atoms with Crippen molar-refractivity contribution in [1.29, 1.82) is 0 Å². The third-order valence-electron chi connectivity index (χ3n) is 5.24. The molecular formula is C16H32N2O3S. The van der Waals surface area contributed by atoms with Gasteiger partial charge in [0.2, 0.25) is 0 Å². The lowest BCUT2D eigenvalue weighted by Crippen LogP contribution is -2.50. The molecule has 2 unspecified atom stereocenters.